The topological polar surface area (TPSA) is 29.5 Å². The van der Waals surface area contributed by atoms with Gasteiger partial charge in [-0.1, -0.05) is 24.3 Å². The Hall–Kier alpha value is -2.03. The van der Waals surface area contributed by atoms with E-state index in [0.29, 0.717) is 24.4 Å². The predicted molar refractivity (Wildman–Crippen MR) is 77.8 cm³/mol. The van der Waals surface area contributed by atoms with Crippen LogP contribution in [0.2, 0.25) is 0 Å². The molecule has 3 nitrogen and oxygen atoms in total. The number of hydrogen-bond donors (Lipinski definition) is 0. The van der Waals surface area contributed by atoms with Gasteiger partial charge in [-0.2, -0.15) is 0 Å². The van der Waals surface area contributed by atoms with Crippen molar-refractivity contribution < 1.29 is 9.53 Å². The molecule has 0 N–H and O–H groups in total. The number of ether oxygens (including phenoxy) is 1. The summed E-state index contributed by atoms with van der Waals surface area (Å²) < 4.78 is 5.37. The number of carbonyl (C=O) groups is 1. The minimum absolute atomic E-state index is 0.0209. The van der Waals surface area contributed by atoms with Gasteiger partial charge in [0.1, 0.15) is 5.75 Å². The molecule has 0 saturated carbocycles. The Bertz CT molecular complexity index is 588. The molecule has 0 aliphatic carbocycles. The van der Waals surface area contributed by atoms with Crippen molar-refractivity contribution in [2.75, 3.05) is 20.2 Å². The summed E-state index contributed by atoms with van der Waals surface area (Å²) in [6.07, 6.45) is 0. The summed E-state index contributed by atoms with van der Waals surface area (Å²) in [6, 6.07) is 11.8. The molecular formula is C16H19NO2. The first-order valence-electron chi connectivity index (χ1n) is 6.57. The molecule has 0 aromatic heterocycles. The van der Waals surface area contributed by atoms with Crippen LogP contribution in [0.5, 0.6) is 5.75 Å². The predicted octanol–water partition coefficient (Wildman–Crippen LogP) is 3.33. The summed E-state index contributed by atoms with van der Waals surface area (Å²) in [6.45, 7) is 5.36. The first-order chi connectivity index (χ1) is 9.21. The molecule has 0 bridgehead atoms. The van der Waals surface area contributed by atoms with E-state index in [4.69, 9.17) is 4.74 Å². The van der Waals surface area contributed by atoms with Gasteiger partial charge in [0.15, 0.2) is 0 Å². The van der Waals surface area contributed by atoms with Gasteiger partial charge >= 0.3 is 0 Å². The minimum atomic E-state index is 0.0209. The van der Waals surface area contributed by atoms with E-state index in [2.05, 4.69) is 0 Å². The molecule has 0 unspecified atom stereocenters. The van der Waals surface area contributed by atoms with Gasteiger partial charge in [0.2, 0.25) is 0 Å². The average Bonchev–Trinajstić information content (AvgIpc) is 2.46. The second kappa shape index (κ2) is 5.74. The van der Waals surface area contributed by atoms with Crippen molar-refractivity contribution in [2.45, 2.75) is 13.8 Å². The van der Waals surface area contributed by atoms with Crippen LogP contribution in [0.15, 0.2) is 36.4 Å². The van der Waals surface area contributed by atoms with Crippen molar-refractivity contribution in [3.63, 3.8) is 0 Å². The van der Waals surface area contributed by atoms with Gasteiger partial charge in [-0.05, 0) is 36.8 Å². The van der Waals surface area contributed by atoms with Crippen LogP contribution in [-0.2, 0) is 0 Å². The van der Waals surface area contributed by atoms with Crippen LogP contribution in [-0.4, -0.2) is 31.0 Å². The van der Waals surface area contributed by atoms with E-state index in [1.54, 1.807) is 12.0 Å². The van der Waals surface area contributed by atoms with E-state index >= 15 is 0 Å². The fourth-order valence-corrected chi connectivity index (χ4v) is 2.24. The Balaban J connectivity index is 2.54. The zero-order chi connectivity index (χ0) is 13.8. The highest BCUT2D eigenvalue weighted by Gasteiger charge is 2.17. The molecule has 0 aliphatic heterocycles. The van der Waals surface area contributed by atoms with Crippen LogP contribution in [0, 0.1) is 0 Å². The summed E-state index contributed by atoms with van der Waals surface area (Å²) in [5, 5.41) is 2.13. The molecule has 0 saturated heterocycles. The van der Waals surface area contributed by atoms with Crippen LogP contribution in [0.25, 0.3) is 10.8 Å². The third kappa shape index (κ3) is 2.55. The normalized spacial score (nSPS) is 10.5. The maximum atomic E-state index is 12.5. The largest absolute Gasteiger partial charge is 0.496 e. The highest BCUT2D eigenvalue weighted by molar-refractivity contribution is 6.01. The summed E-state index contributed by atoms with van der Waals surface area (Å²) in [4.78, 5) is 14.3. The van der Waals surface area contributed by atoms with Crippen molar-refractivity contribution >= 4 is 16.7 Å². The average molecular weight is 257 g/mol. The molecule has 0 heterocycles. The summed E-state index contributed by atoms with van der Waals surface area (Å²) in [7, 11) is 1.60. The van der Waals surface area contributed by atoms with E-state index in [0.717, 1.165) is 10.8 Å². The molecule has 0 spiro atoms. The molecule has 0 aliphatic rings. The molecule has 19 heavy (non-hydrogen) atoms. The number of amides is 1. The van der Waals surface area contributed by atoms with Crippen LogP contribution < -0.4 is 4.74 Å². The summed E-state index contributed by atoms with van der Waals surface area (Å²) in [5.41, 5.74) is 0.630. The third-order valence-corrected chi connectivity index (χ3v) is 3.35. The lowest BCUT2D eigenvalue weighted by molar-refractivity contribution is 0.0770. The van der Waals surface area contributed by atoms with Gasteiger partial charge in [-0.3, -0.25) is 4.79 Å². The molecule has 1 amide bonds. The molecular weight excluding hydrogens is 238 g/mol. The van der Waals surface area contributed by atoms with Crippen LogP contribution in [0.4, 0.5) is 0 Å². The van der Waals surface area contributed by atoms with E-state index < -0.39 is 0 Å². The van der Waals surface area contributed by atoms with Crippen molar-refractivity contribution in [1.29, 1.82) is 0 Å². The van der Waals surface area contributed by atoms with E-state index in [9.17, 15) is 4.79 Å². The van der Waals surface area contributed by atoms with Crippen molar-refractivity contribution in [3.05, 3.63) is 42.0 Å². The lowest BCUT2D eigenvalue weighted by Gasteiger charge is -2.20. The smallest absolute Gasteiger partial charge is 0.257 e. The van der Waals surface area contributed by atoms with Gasteiger partial charge in [0, 0.05) is 13.1 Å². The second-order valence-electron chi connectivity index (χ2n) is 4.38. The lowest BCUT2D eigenvalue weighted by atomic mass is 10.0. The summed E-state index contributed by atoms with van der Waals surface area (Å²) in [5.74, 6) is 0.656. The third-order valence-electron chi connectivity index (χ3n) is 3.35. The Kier molecular flexibility index (Phi) is 4.05. The zero-order valence-electron chi connectivity index (χ0n) is 11.6. The highest BCUT2D eigenvalue weighted by Crippen LogP contribution is 2.27. The van der Waals surface area contributed by atoms with Gasteiger partial charge in [-0.25, -0.2) is 0 Å². The second-order valence-corrected chi connectivity index (χ2v) is 4.38. The maximum Gasteiger partial charge on any atom is 0.257 e. The van der Waals surface area contributed by atoms with Gasteiger partial charge in [0.05, 0.1) is 12.7 Å². The molecule has 0 radical (unpaired) electrons. The fourth-order valence-electron chi connectivity index (χ4n) is 2.24. The molecule has 2 aromatic rings. The first-order valence-corrected chi connectivity index (χ1v) is 6.57. The zero-order valence-corrected chi connectivity index (χ0v) is 11.6. The van der Waals surface area contributed by atoms with Crippen LogP contribution in [0.1, 0.15) is 24.2 Å². The molecule has 3 heteroatoms. The number of nitrogens with zero attached hydrogens (tertiary/aromatic N) is 1. The summed E-state index contributed by atoms with van der Waals surface area (Å²) >= 11 is 0. The number of carbonyl (C=O) groups excluding carboxylic acids is 1. The fraction of sp³-hybridized carbons (Fsp3) is 0.312. The van der Waals surface area contributed by atoms with Gasteiger partial charge in [0.25, 0.3) is 5.91 Å². The van der Waals surface area contributed by atoms with Crippen molar-refractivity contribution in [2.24, 2.45) is 0 Å². The number of methoxy groups -OCH3 is 1. The van der Waals surface area contributed by atoms with Crippen molar-refractivity contribution in [3.8, 4) is 5.75 Å². The number of benzene rings is 2. The molecule has 0 atom stereocenters. The van der Waals surface area contributed by atoms with Gasteiger partial charge < -0.3 is 9.64 Å². The number of hydrogen-bond acceptors (Lipinski definition) is 2. The first kappa shape index (κ1) is 13.4. The van der Waals surface area contributed by atoms with Crippen LogP contribution in [0.3, 0.4) is 0 Å². The lowest BCUT2D eigenvalue weighted by Crippen LogP contribution is -2.30. The van der Waals surface area contributed by atoms with E-state index in [-0.39, 0.29) is 5.91 Å². The van der Waals surface area contributed by atoms with Crippen molar-refractivity contribution in [1.82, 2.24) is 4.90 Å². The number of fused-ring (bicyclic) bond motifs is 1. The maximum absolute atomic E-state index is 12.5. The van der Waals surface area contributed by atoms with Gasteiger partial charge in [-0.15, -0.1) is 0 Å². The monoisotopic (exact) mass is 257 g/mol. The van der Waals surface area contributed by atoms with E-state index in [1.165, 1.54) is 0 Å². The highest BCUT2D eigenvalue weighted by atomic mass is 16.5. The molecule has 100 valence electrons. The molecule has 2 aromatic carbocycles. The Morgan fingerprint density at radius 2 is 1.68 bits per heavy atom. The molecule has 0 fully saturated rings. The Morgan fingerprint density at radius 1 is 1.11 bits per heavy atom. The van der Waals surface area contributed by atoms with E-state index in [1.807, 2.05) is 50.2 Å². The van der Waals surface area contributed by atoms with Crippen LogP contribution >= 0.6 is 0 Å². The quantitative estimate of drug-likeness (QED) is 0.840. The molecule has 2 rings (SSSR count). The Labute approximate surface area is 113 Å². The Morgan fingerprint density at radius 3 is 2.21 bits per heavy atom. The SMILES string of the molecule is CCN(CC)C(=O)c1cc2ccccc2cc1OC. The minimum Gasteiger partial charge on any atom is -0.496 e. The number of rotatable bonds is 4. The standard InChI is InChI=1S/C16H19NO2/c1-4-17(5-2)16(18)14-10-12-8-6-7-9-13(12)11-15(14)19-3/h6-11H,4-5H2,1-3H3.